The summed E-state index contributed by atoms with van der Waals surface area (Å²) in [6, 6.07) is 7.13. The molecule has 0 radical (unpaired) electrons. The summed E-state index contributed by atoms with van der Waals surface area (Å²) >= 11 is 0. The Balaban J connectivity index is 1.52. The van der Waals surface area contributed by atoms with Gasteiger partial charge in [-0.1, -0.05) is 24.1 Å². The predicted octanol–water partition coefficient (Wildman–Crippen LogP) is 3.65. The van der Waals surface area contributed by atoms with Crippen LogP contribution in [0.25, 0.3) is 17.2 Å². The van der Waals surface area contributed by atoms with Gasteiger partial charge in [0, 0.05) is 37.1 Å². The Morgan fingerprint density at radius 2 is 2.09 bits per heavy atom. The zero-order chi connectivity index (χ0) is 22.2. The second-order valence-corrected chi connectivity index (χ2v) is 8.43. The standard InChI is InChI=1S/C25H27N7/c1-4-6-21-24(26)27-15-28-25(21)30-16(2)23-11-17-7-5-8-20(18-12-29-31(3)13-18)22(17)14-32(23)19-9-10-19/h5,7-8,11-13,15-16,19H,9-10,14H2,1-3H3,(H3,26,27,28,30)/t16-/m0/s1. The first-order chi connectivity index (χ1) is 15.5. The van der Waals surface area contributed by atoms with Crippen LogP contribution in [0.2, 0.25) is 0 Å². The smallest absolute Gasteiger partial charge is 0.147 e. The zero-order valence-corrected chi connectivity index (χ0v) is 18.6. The fraction of sp³-hybridized carbons (Fsp3) is 0.320. The van der Waals surface area contributed by atoms with Gasteiger partial charge in [0.15, 0.2) is 0 Å². The highest BCUT2D eigenvalue weighted by atomic mass is 15.2. The first kappa shape index (κ1) is 20.1. The lowest BCUT2D eigenvalue weighted by Gasteiger charge is -2.36. The monoisotopic (exact) mass is 425 g/mol. The van der Waals surface area contributed by atoms with Gasteiger partial charge < -0.3 is 16.0 Å². The van der Waals surface area contributed by atoms with Crippen molar-refractivity contribution in [3.63, 3.8) is 0 Å². The number of nitrogens with one attached hydrogen (secondary N) is 1. The van der Waals surface area contributed by atoms with Gasteiger partial charge in [0.05, 0.1) is 12.2 Å². The Morgan fingerprint density at radius 3 is 2.81 bits per heavy atom. The summed E-state index contributed by atoms with van der Waals surface area (Å²) in [5.41, 5.74) is 13.0. The topological polar surface area (TPSA) is 84.9 Å². The SMILES string of the molecule is CC#Cc1c(N)ncnc1N[C@@H](C)C1=Cc2cccc(-c3cnn(C)c3)c2CN1C1CC1. The van der Waals surface area contributed by atoms with Crippen LogP contribution in [0.4, 0.5) is 11.6 Å². The van der Waals surface area contributed by atoms with Crippen LogP contribution in [0.3, 0.4) is 0 Å². The average Bonchev–Trinajstić information content (AvgIpc) is 3.55. The predicted molar refractivity (Wildman–Crippen MR) is 127 cm³/mol. The van der Waals surface area contributed by atoms with Gasteiger partial charge in [0.1, 0.15) is 23.5 Å². The third-order valence-electron chi connectivity index (χ3n) is 6.10. The Morgan fingerprint density at radius 1 is 1.25 bits per heavy atom. The summed E-state index contributed by atoms with van der Waals surface area (Å²) in [4.78, 5) is 11.1. The van der Waals surface area contributed by atoms with Crippen LogP contribution in [0.15, 0.2) is 42.6 Å². The van der Waals surface area contributed by atoms with E-state index in [9.17, 15) is 0 Å². The molecule has 1 aromatic carbocycles. The quantitative estimate of drug-likeness (QED) is 0.607. The largest absolute Gasteiger partial charge is 0.382 e. The van der Waals surface area contributed by atoms with Gasteiger partial charge in [-0.05, 0) is 49.5 Å². The Bertz CT molecular complexity index is 1260. The fourth-order valence-corrected chi connectivity index (χ4v) is 4.39. The molecule has 0 unspecified atom stereocenters. The molecule has 1 aliphatic carbocycles. The third-order valence-corrected chi connectivity index (χ3v) is 6.10. The van der Waals surface area contributed by atoms with Crippen molar-refractivity contribution in [3.05, 3.63) is 59.3 Å². The minimum absolute atomic E-state index is 0.0394. The number of hydrogen-bond donors (Lipinski definition) is 2. The van der Waals surface area contributed by atoms with Crippen LogP contribution in [-0.4, -0.2) is 36.7 Å². The van der Waals surface area contributed by atoms with Crippen LogP contribution in [0.5, 0.6) is 0 Å². The molecule has 3 aromatic rings. The highest BCUT2D eigenvalue weighted by Crippen LogP contribution is 2.40. The van der Waals surface area contributed by atoms with Crippen LogP contribution in [0, 0.1) is 11.8 Å². The van der Waals surface area contributed by atoms with Crippen molar-refractivity contribution >= 4 is 17.7 Å². The van der Waals surface area contributed by atoms with Crippen molar-refractivity contribution in [2.75, 3.05) is 11.1 Å². The van der Waals surface area contributed by atoms with E-state index in [1.807, 2.05) is 17.9 Å². The van der Waals surface area contributed by atoms with Crippen molar-refractivity contribution in [1.82, 2.24) is 24.6 Å². The fourth-order valence-electron chi connectivity index (χ4n) is 4.39. The van der Waals surface area contributed by atoms with Gasteiger partial charge in [-0.2, -0.15) is 5.10 Å². The number of nitrogens with zero attached hydrogens (tertiary/aromatic N) is 5. The normalized spacial score (nSPS) is 16.0. The lowest BCUT2D eigenvalue weighted by Crippen LogP contribution is -2.36. The maximum Gasteiger partial charge on any atom is 0.147 e. The van der Waals surface area contributed by atoms with Gasteiger partial charge >= 0.3 is 0 Å². The molecule has 0 bridgehead atoms. The number of aryl methyl sites for hydroxylation is 1. The van der Waals surface area contributed by atoms with Crippen molar-refractivity contribution in [2.45, 2.75) is 45.3 Å². The molecule has 1 saturated carbocycles. The number of nitrogens with two attached hydrogens (primary N) is 1. The molecular formula is C25H27N7. The van der Waals surface area contributed by atoms with Crippen molar-refractivity contribution < 1.29 is 0 Å². The molecule has 0 amide bonds. The number of nitrogen functional groups attached to an aromatic ring is 1. The van der Waals surface area contributed by atoms with Crippen molar-refractivity contribution in [3.8, 4) is 23.0 Å². The molecule has 3 N–H and O–H groups in total. The van der Waals surface area contributed by atoms with Crippen molar-refractivity contribution in [1.29, 1.82) is 0 Å². The van der Waals surface area contributed by atoms with E-state index in [1.54, 1.807) is 6.92 Å². The highest BCUT2D eigenvalue weighted by Gasteiger charge is 2.35. The van der Waals surface area contributed by atoms with Gasteiger partial charge in [-0.25, -0.2) is 9.97 Å². The molecule has 2 aliphatic rings. The first-order valence-corrected chi connectivity index (χ1v) is 10.9. The molecule has 1 fully saturated rings. The number of hydrogen-bond acceptors (Lipinski definition) is 6. The molecule has 3 heterocycles. The lowest BCUT2D eigenvalue weighted by molar-refractivity contribution is 0.310. The molecule has 1 aliphatic heterocycles. The van der Waals surface area contributed by atoms with E-state index in [1.165, 1.54) is 41.6 Å². The summed E-state index contributed by atoms with van der Waals surface area (Å²) in [6.45, 7) is 4.84. The highest BCUT2D eigenvalue weighted by molar-refractivity contribution is 5.74. The number of rotatable bonds is 5. The molecule has 32 heavy (non-hydrogen) atoms. The molecule has 0 spiro atoms. The van der Waals surface area contributed by atoms with Crippen LogP contribution >= 0.6 is 0 Å². The molecule has 5 rings (SSSR count). The van der Waals surface area contributed by atoms with E-state index in [-0.39, 0.29) is 6.04 Å². The molecule has 2 aromatic heterocycles. The summed E-state index contributed by atoms with van der Waals surface area (Å²) in [5, 5.41) is 7.92. The molecule has 1 atom stereocenters. The number of fused-ring (bicyclic) bond motifs is 1. The van der Waals surface area contributed by atoms with Gasteiger partial charge in [0.25, 0.3) is 0 Å². The maximum absolute atomic E-state index is 6.06. The number of anilines is 2. The van der Waals surface area contributed by atoms with E-state index in [2.05, 4.69) is 74.5 Å². The Hall–Kier alpha value is -3.79. The summed E-state index contributed by atoms with van der Waals surface area (Å²) in [6.07, 6.45) is 10.3. The molecule has 7 heteroatoms. The lowest BCUT2D eigenvalue weighted by atomic mass is 9.92. The summed E-state index contributed by atoms with van der Waals surface area (Å²) in [7, 11) is 1.96. The van der Waals surface area contributed by atoms with E-state index >= 15 is 0 Å². The summed E-state index contributed by atoms with van der Waals surface area (Å²) < 4.78 is 1.85. The van der Waals surface area contributed by atoms with E-state index in [0.29, 0.717) is 23.2 Å². The minimum Gasteiger partial charge on any atom is -0.382 e. The molecule has 162 valence electrons. The van der Waals surface area contributed by atoms with Crippen LogP contribution in [-0.2, 0) is 13.6 Å². The Kier molecular flexibility index (Phi) is 5.06. The zero-order valence-electron chi connectivity index (χ0n) is 18.6. The number of benzene rings is 1. The van der Waals surface area contributed by atoms with Crippen LogP contribution in [0.1, 0.15) is 43.4 Å². The third kappa shape index (κ3) is 3.69. The minimum atomic E-state index is 0.0394. The number of aromatic nitrogens is 4. The summed E-state index contributed by atoms with van der Waals surface area (Å²) in [5.74, 6) is 7.02. The second kappa shape index (κ2) is 8.04. The maximum atomic E-state index is 6.06. The molecule has 0 saturated heterocycles. The molecule has 7 nitrogen and oxygen atoms in total. The van der Waals surface area contributed by atoms with E-state index in [4.69, 9.17) is 5.73 Å². The molecular weight excluding hydrogens is 398 g/mol. The second-order valence-electron chi connectivity index (χ2n) is 8.43. The van der Waals surface area contributed by atoms with Gasteiger partial charge in [-0.3, -0.25) is 4.68 Å². The first-order valence-electron chi connectivity index (χ1n) is 10.9. The van der Waals surface area contributed by atoms with E-state index < -0.39 is 0 Å². The van der Waals surface area contributed by atoms with Gasteiger partial charge in [0.2, 0.25) is 0 Å². The van der Waals surface area contributed by atoms with Gasteiger partial charge in [-0.15, -0.1) is 5.92 Å². The Labute approximate surface area is 188 Å². The average molecular weight is 426 g/mol. The van der Waals surface area contributed by atoms with Crippen molar-refractivity contribution in [2.24, 2.45) is 7.05 Å². The van der Waals surface area contributed by atoms with Crippen LogP contribution < -0.4 is 11.1 Å². The van der Waals surface area contributed by atoms with E-state index in [0.717, 1.165) is 12.1 Å².